The van der Waals surface area contributed by atoms with Crippen LogP contribution in [0.4, 0.5) is 0 Å². The predicted molar refractivity (Wildman–Crippen MR) is 140 cm³/mol. The van der Waals surface area contributed by atoms with Crippen molar-refractivity contribution in [2.24, 2.45) is 11.8 Å². The van der Waals surface area contributed by atoms with Crippen molar-refractivity contribution in [3.05, 3.63) is 41.3 Å². The first-order valence-electron chi connectivity index (χ1n) is 13.1. The van der Waals surface area contributed by atoms with E-state index >= 15 is 0 Å². The lowest BCUT2D eigenvalue weighted by Crippen LogP contribution is -2.48. The number of nitrogens with zero attached hydrogens (tertiary/aromatic N) is 2. The summed E-state index contributed by atoms with van der Waals surface area (Å²) in [4.78, 5) is 37.5. The highest BCUT2D eigenvalue weighted by molar-refractivity contribution is 6.09. The molecule has 2 aliphatic carbocycles. The molecule has 9 heteroatoms. The Balaban J connectivity index is 1.38. The summed E-state index contributed by atoms with van der Waals surface area (Å²) in [5.74, 6) is 1.07. The van der Waals surface area contributed by atoms with E-state index in [1.807, 2.05) is 26.0 Å². The number of hydrogen-bond donors (Lipinski definition) is 4. The van der Waals surface area contributed by atoms with Gasteiger partial charge in [-0.3, -0.25) is 9.59 Å². The molecule has 2 saturated carbocycles. The van der Waals surface area contributed by atoms with Gasteiger partial charge in [0.05, 0.1) is 17.7 Å². The smallest absolute Gasteiger partial charge is 0.255 e. The Morgan fingerprint density at radius 2 is 1.95 bits per heavy atom. The van der Waals surface area contributed by atoms with Gasteiger partial charge in [0.1, 0.15) is 29.9 Å². The van der Waals surface area contributed by atoms with Crippen LogP contribution in [0.2, 0.25) is 0 Å². The van der Waals surface area contributed by atoms with Crippen LogP contribution in [0.25, 0.3) is 22.3 Å². The highest BCUT2D eigenvalue weighted by Gasteiger charge is 2.31. The summed E-state index contributed by atoms with van der Waals surface area (Å²) in [6.45, 7) is 6.17. The number of ether oxygens (including phenoxy) is 1. The molecule has 4 N–H and O–H groups in total. The van der Waals surface area contributed by atoms with Crippen LogP contribution in [0.3, 0.4) is 0 Å². The highest BCUT2D eigenvalue weighted by Crippen LogP contribution is 2.37. The maximum atomic E-state index is 13.5. The van der Waals surface area contributed by atoms with Gasteiger partial charge < -0.3 is 25.5 Å². The summed E-state index contributed by atoms with van der Waals surface area (Å²) in [6, 6.07) is 6.09. The third-order valence-electron chi connectivity index (χ3n) is 7.55. The van der Waals surface area contributed by atoms with Crippen LogP contribution in [-0.4, -0.2) is 57.2 Å². The Kier molecular flexibility index (Phi) is 7.15. The number of rotatable bonds is 8. The van der Waals surface area contributed by atoms with Crippen molar-refractivity contribution in [1.29, 1.82) is 0 Å². The fourth-order valence-electron chi connectivity index (χ4n) is 5.30. The molecule has 196 valence electrons. The number of aromatic amines is 1. The lowest BCUT2D eigenvalue weighted by molar-refractivity contribution is -0.125. The van der Waals surface area contributed by atoms with E-state index in [1.165, 1.54) is 19.2 Å². The van der Waals surface area contributed by atoms with Crippen molar-refractivity contribution in [3.8, 4) is 17.0 Å². The second kappa shape index (κ2) is 10.5. The van der Waals surface area contributed by atoms with Crippen LogP contribution in [0, 0.1) is 25.7 Å². The summed E-state index contributed by atoms with van der Waals surface area (Å²) in [7, 11) is 0. The second-order valence-corrected chi connectivity index (χ2v) is 10.6. The average Bonchev–Trinajstić information content (AvgIpc) is 3.64. The minimum absolute atomic E-state index is 0.00332. The van der Waals surface area contributed by atoms with E-state index in [0.29, 0.717) is 23.6 Å². The lowest BCUT2D eigenvalue weighted by atomic mass is 9.82. The van der Waals surface area contributed by atoms with Gasteiger partial charge in [-0.2, -0.15) is 0 Å². The maximum Gasteiger partial charge on any atom is 0.255 e. The van der Waals surface area contributed by atoms with Crippen LogP contribution in [0.1, 0.15) is 60.6 Å². The molecule has 0 unspecified atom stereocenters. The normalized spacial score (nSPS) is 21.6. The minimum Gasteiger partial charge on any atom is -0.493 e. The third kappa shape index (κ3) is 5.46. The van der Waals surface area contributed by atoms with Crippen LogP contribution < -0.4 is 15.4 Å². The van der Waals surface area contributed by atoms with E-state index in [-0.39, 0.29) is 29.8 Å². The zero-order valence-corrected chi connectivity index (χ0v) is 21.6. The number of carbonyl (C=O) groups is 2. The van der Waals surface area contributed by atoms with Crippen molar-refractivity contribution in [2.45, 2.75) is 65.0 Å². The fourth-order valence-corrected chi connectivity index (χ4v) is 5.30. The standard InChI is InChI=1S/C28H35N5O4/c1-15-4-9-22(37-13-18-5-6-18)20(10-15)25-27-26(30-14-29-25)24(17(3)31-27)28(36)32-19-7-8-21(16(2)11-19)33-23(35)12-34/h4,9-10,14,16,18-19,21,31,34H,5-8,11-13H2,1-3H3,(H,32,36)(H,33,35)/t16-,19+,21+/m1/s1. The summed E-state index contributed by atoms with van der Waals surface area (Å²) in [5.41, 5.74) is 5.27. The van der Waals surface area contributed by atoms with Crippen molar-refractivity contribution in [2.75, 3.05) is 13.2 Å². The number of nitrogens with one attached hydrogen (secondary N) is 3. The number of H-pyrrole nitrogens is 1. The summed E-state index contributed by atoms with van der Waals surface area (Å²) in [6.07, 6.45) is 6.17. The highest BCUT2D eigenvalue weighted by atomic mass is 16.5. The van der Waals surface area contributed by atoms with E-state index in [9.17, 15) is 9.59 Å². The largest absolute Gasteiger partial charge is 0.493 e. The number of benzene rings is 1. The van der Waals surface area contributed by atoms with Gasteiger partial charge in [0.15, 0.2) is 0 Å². The molecule has 3 aromatic rings. The van der Waals surface area contributed by atoms with Gasteiger partial charge in [-0.25, -0.2) is 9.97 Å². The van der Waals surface area contributed by atoms with Gasteiger partial charge in [-0.05, 0) is 69.9 Å². The molecule has 2 aliphatic rings. The number of aromatic nitrogens is 3. The summed E-state index contributed by atoms with van der Waals surface area (Å²) >= 11 is 0. The molecule has 2 fully saturated rings. The van der Waals surface area contributed by atoms with E-state index in [0.717, 1.165) is 53.0 Å². The second-order valence-electron chi connectivity index (χ2n) is 10.6. The van der Waals surface area contributed by atoms with Crippen LogP contribution in [0.15, 0.2) is 24.5 Å². The van der Waals surface area contributed by atoms with Crippen LogP contribution in [-0.2, 0) is 4.79 Å². The van der Waals surface area contributed by atoms with Gasteiger partial charge in [0.2, 0.25) is 5.91 Å². The number of carbonyl (C=O) groups excluding carboxylic acids is 2. The number of amides is 2. The van der Waals surface area contributed by atoms with E-state index in [2.05, 4.69) is 38.6 Å². The lowest BCUT2D eigenvalue weighted by Gasteiger charge is -2.34. The molecule has 5 rings (SSSR count). The monoisotopic (exact) mass is 505 g/mol. The SMILES string of the molecule is Cc1ccc(OCC2CC2)c(-c2ncnc3c(C(=O)N[C@H]4CC[C@H](NC(=O)CO)[C@H](C)C4)c(C)[nH]c23)c1. The van der Waals surface area contributed by atoms with Crippen molar-refractivity contribution >= 4 is 22.8 Å². The zero-order chi connectivity index (χ0) is 26.1. The Labute approximate surface area is 216 Å². The number of aliphatic hydroxyl groups excluding tert-OH is 1. The molecular weight excluding hydrogens is 470 g/mol. The van der Waals surface area contributed by atoms with Gasteiger partial charge in [0, 0.05) is 23.3 Å². The molecule has 0 bridgehead atoms. The summed E-state index contributed by atoms with van der Waals surface area (Å²) in [5, 5.41) is 15.1. The van der Waals surface area contributed by atoms with Crippen LogP contribution >= 0.6 is 0 Å². The molecule has 0 spiro atoms. The first-order chi connectivity index (χ1) is 17.8. The molecule has 1 aromatic carbocycles. The predicted octanol–water partition coefficient (Wildman–Crippen LogP) is 3.43. The van der Waals surface area contributed by atoms with Gasteiger partial charge in [0.25, 0.3) is 5.91 Å². The van der Waals surface area contributed by atoms with Crippen molar-refractivity contribution in [1.82, 2.24) is 25.6 Å². The first-order valence-corrected chi connectivity index (χ1v) is 13.1. The summed E-state index contributed by atoms with van der Waals surface area (Å²) < 4.78 is 6.16. The number of fused-ring (bicyclic) bond motifs is 1. The molecule has 2 amide bonds. The molecule has 3 atom stereocenters. The Morgan fingerprint density at radius 1 is 1.14 bits per heavy atom. The van der Waals surface area contributed by atoms with Crippen molar-refractivity contribution in [3.63, 3.8) is 0 Å². The average molecular weight is 506 g/mol. The molecule has 2 heterocycles. The molecule has 0 radical (unpaired) electrons. The zero-order valence-electron chi connectivity index (χ0n) is 21.6. The molecule has 9 nitrogen and oxygen atoms in total. The first kappa shape index (κ1) is 25.2. The molecule has 0 aliphatic heterocycles. The van der Waals surface area contributed by atoms with Gasteiger partial charge in [-0.1, -0.05) is 18.6 Å². The Morgan fingerprint density at radius 3 is 2.68 bits per heavy atom. The quantitative estimate of drug-likeness (QED) is 0.371. The van der Waals surface area contributed by atoms with E-state index < -0.39 is 6.61 Å². The van der Waals surface area contributed by atoms with Gasteiger partial charge >= 0.3 is 0 Å². The van der Waals surface area contributed by atoms with Crippen molar-refractivity contribution < 1.29 is 19.4 Å². The number of hydrogen-bond acceptors (Lipinski definition) is 6. The van der Waals surface area contributed by atoms with Gasteiger partial charge in [-0.15, -0.1) is 0 Å². The van der Waals surface area contributed by atoms with Crippen LogP contribution in [0.5, 0.6) is 5.75 Å². The molecule has 37 heavy (non-hydrogen) atoms. The van der Waals surface area contributed by atoms with E-state index in [4.69, 9.17) is 9.84 Å². The maximum absolute atomic E-state index is 13.5. The Hall–Kier alpha value is -3.46. The fraction of sp³-hybridized carbons (Fsp3) is 0.500. The molecule has 2 aromatic heterocycles. The third-order valence-corrected chi connectivity index (χ3v) is 7.55. The Bertz CT molecular complexity index is 1320. The van der Waals surface area contributed by atoms with E-state index in [1.54, 1.807) is 0 Å². The molecular formula is C28H35N5O4. The minimum atomic E-state index is -0.510. The number of aliphatic hydroxyl groups is 1. The topological polar surface area (TPSA) is 129 Å². The molecule has 0 saturated heterocycles. The number of aryl methyl sites for hydroxylation is 2.